The summed E-state index contributed by atoms with van der Waals surface area (Å²) in [5.41, 5.74) is 1.13. The number of carbonyl (C=O) groups is 1. The maximum atomic E-state index is 12.6. The molecule has 0 spiro atoms. The van der Waals surface area contributed by atoms with E-state index in [0.717, 1.165) is 41.7 Å². The molecule has 0 bridgehead atoms. The summed E-state index contributed by atoms with van der Waals surface area (Å²) in [6.07, 6.45) is 3.71. The molecule has 2 aromatic heterocycles. The van der Waals surface area contributed by atoms with Crippen molar-refractivity contribution in [3.63, 3.8) is 0 Å². The summed E-state index contributed by atoms with van der Waals surface area (Å²) in [4.78, 5) is 16.9. The predicted octanol–water partition coefficient (Wildman–Crippen LogP) is 3.68. The second-order valence-electron chi connectivity index (χ2n) is 9.27. The number of aromatic amines is 1. The molecule has 1 aliphatic rings. The van der Waals surface area contributed by atoms with Crippen molar-refractivity contribution >= 4 is 28.6 Å². The average Bonchev–Trinajstić information content (AvgIpc) is 3.14. The van der Waals surface area contributed by atoms with E-state index < -0.39 is 5.60 Å². The Balaban J connectivity index is 1.33. The largest absolute Gasteiger partial charge is 0.390 e. The second kappa shape index (κ2) is 9.76. The Morgan fingerprint density at radius 3 is 2.76 bits per heavy atom. The summed E-state index contributed by atoms with van der Waals surface area (Å²) in [7, 11) is 1.60. The van der Waals surface area contributed by atoms with Crippen LogP contribution in [0.2, 0.25) is 0 Å². The number of hydrogen-bond acceptors (Lipinski definition) is 6. The van der Waals surface area contributed by atoms with Crippen molar-refractivity contribution < 1.29 is 14.6 Å². The SMILES string of the molecule is COCC(NC(=O)Nc1cc2[nH]nc(NCC3CC(C(C)(C)O)C3)c2cn1)c1ccccc1. The van der Waals surface area contributed by atoms with Gasteiger partial charge >= 0.3 is 6.03 Å². The number of nitrogens with one attached hydrogen (secondary N) is 4. The van der Waals surface area contributed by atoms with Gasteiger partial charge in [0.15, 0.2) is 5.82 Å². The number of urea groups is 1. The number of ether oxygens (including phenoxy) is 1. The Bertz CT molecular complexity index is 1070. The molecule has 1 atom stereocenters. The number of H-pyrrole nitrogens is 1. The van der Waals surface area contributed by atoms with Crippen LogP contribution in [-0.2, 0) is 4.74 Å². The third-order valence-electron chi connectivity index (χ3n) is 6.32. The van der Waals surface area contributed by atoms with Gasteiger partial charge in [-0.1, -0.05) is 30.3 Å². The van der Waals surface area contributed by atoms with Crippen LogP contribution < -0.4 is 16.0 Å². The molecule has 4 rings (SSSR count). The summed E-state index contributed by atoms with van der Waals surface area (Å²) >= 11 is 0. The van der Waals surface area contributed by atoms with Gasteiger partial charge in [-0.05, 0) is 44.1 Å². The number of anilines is 2. The quantitative estimate of drug-likeness (QED) is 0.337. The summed E-state index contributed by atoms with van der Waals surface area (Å²) in [5, 5.41) is 27.4. The van der Waals surface area contributed by atoms with E-state index in [1.54, 1.807) is 19.4 Å². The van der Waals surface area contributed by atoms with Crippen molar-refractivity contribution in [2.24, 2.45) is 11.8 Å². The molecule has 1 aromatic carbocycles. The number of hydrogen-bond donors (Lipinski definition) is 5. The molecular formula is C24H32N6O3. The Hall–Kier alpha value is -3.17. The molecule has 9 heteroatoms. The molecule has 33 heavy (non-hydrogen) atoms. The lowest BCUT2D eigenvalue weighted by Crippen LogP contribution is -2.42. The molecule has 3 aromatic rings. The van der Waals surface area contributed by atoms with Gasteiger partial charge < -0.3 is 20.5 Å². The third-order valence-corrected chi connectivity index (χ3v) is 6.32. The fourth-order valence-corrected chi connectivity index (χ4v) is 4.22. The molecule has 0 saturated heterocycles. The number of aromatic nitrogens is 3. The highest BCUT2D eigenvalue weighted by molar-refractivity contribution is 5.94. The molecule has 1 unspecified atom stereocenters. The first-order valence-electron chi connectivity index (χ1n) is 11.2. The van der Waals surface area contributed by atoms with Gasteiger partial charge in [-0.25, -0.2) is 9.78 Å². The Kier molecular flexibility index (Phi) is 6.80. The van der Waals surface area contributed by atoms with Crippen LogP contribution in [0.3, 0.4) is 0 Å². The van der Waals surface area contributed by atoms with Gasteiger partial charge in [0.2, 0.25) is 0 Å². The van der Waals surface area contributed by atoms with Gasteiger partial charge in [0.05, 0.1) is 29.2 Å². The summed E-state index contributed by atoms with van der Waals surface area (Å²) in [5.74, 6) is 2.04. The lowest BCUT2D eigenvalue weighted by atomic mass is 9.67. The maximum Gasteiger partial charge on any atom is 0.320 e. The molecule has 1 fully saturated rings. The van der Waals surface area contributed by atoms with Gasteiger partial charge in [0.25, 0.3) is 0 Å². The van der Waals surface area contributed by atoms with Crippen LogP contribution in [0.4, 0.5) is 16.4 Å². The number of fused-ring (bicyclic) bond motifs is 1. The van der Waals surface area contributed by atoms with E-state index in [1.807, 2.05) is 44.2 Å². The highest BCUT2D eigenvalue weighted by Gasteiger charge is 2.38. The van der Waals surface area contributed by atoms with Crippen LogP contribution in [0.25, 0.3) is 10.9 Å². The van der Waals surface area contributed by atoms with Crippen molar-refractivity contribution in [3.05, 3.63) is 48.2 Å². The van der Waals surface area contributed by atoms with Gasteiger partial charge in [0, 0.05) is 25.9 Å². The fraction of sp³-hybridized carbons (Fsp3) is 0.458. The van der Waals surface area contributed by atoms with E-state index in [1.165, 1.54) is 0 Å². The average molecular weight is 453 g/mol. The van der Waals surface area contributed by atoms with E-state index in [-0.39, 0.29) is 12.1 Å². The molecule has 2 heterocycles. The molecular weight excluding hydrogens is 420 g/mol. The number of amides is 2. The Labute approximate surface area is 193 Å². The zero-order chi connectivity index (χ0) is 23.4. The van der Waals surface area contributed by atoms with Crippen LogP contribution in [-0.4, -0.2) is 52.2 Å². The van der Waals surface area contributed by atoms with Crippen LogP contribution in [0, 0.1) is 11.8 Å². The zero-order valence-corrected chi connectivity index (χ0v) is 19.3. The molecule has 1 saturated carbocycles. The molecule has 5 N–H and O–H groups in total. The van der Waals surface area contributed by atoms with Gasteiger partial charge in [-0.2, -0.15) is 5.10 Å². The molecule has 1 aliphatic carbocycles. The molecule has 0 radical (unpaired) electrons. The summed E-state index contributed by atoms with van der Waals surface area (Å²) in [6, 6.07) is 10.8. The summed E-state index contributed by atoms with van der Waals surface area (Å²) in [6.45, 7) is 4.91. The van der Waals surface area contributed by atoms with Crippen molar-refractivity contribution in [3.8, 4) is 0 Å². The van der Waals surface area contributed by atoms with Gasteiger partial charge in [-0.15, -0.1) is 0 Å². The standard InChI is InChI=1S/C24H32N6O3/c1-24(2,32)17-9-15(10-17)12-26-22-18-13-25-21(11-19(18)29-30-22)28-23(31)27-20(14-33-3)16-7-5-4-6-8-16/h4-8,11,13,15,17,20,32H,9-10,12,14H2,1-3H3,(H2,26,29,30)(H2,25,27,28,31). The third kappa shape index (κ3) is 5.61. The first-order valence-corrected chi connectivity index (χ1v) is 11.2. The van der Waals surface area contributed by atoms with E-state index >= 15 is 0 Å². The lowest BCUT2D eigenvalue weighted by molar-refractivity contribution is -0.0400. The van der Waals surface area contributed by atoms with Gasteiger partial charge in [0.1, 0.15) is 5.82 Å². The monoisotopic (exact) mass is 452 g/mol. The van der Waals surface area contributed by atoms with E-state index in [2.05, 4.69) is 31.1 Å². The number of aliphatic hydroxyl groups is 1. The number of nitrogens with zero attached hydrogens (tertiary/aromatic N) is 2. The normalized spacial score (nSPS) is 19.0. The van der Waals surface area contributed by atoms with Gasteiger partial charge in [-0.3, -0.25) is 10.4 Å². The summed E-state index contributed by atoms with van der Waals surface area (Å²) < 4.78 is 5.25. The minimum atomic E-state index is -0.611. The van der Waals surface area contributed by atoms with E-state index in [4.69, 9.17) is 4.74 Å². The van der Waals surface area contributed by atoms with Crippen LogP contribution >= 0.6 is 0 Å². The maximum absolute atomic E-state index is 12.6. The number of methoxy groups -OCH3 is 1. The number of benzene rings is 1. The van der Waals surface area contributed by atoms with Crippen LogP contribution in [0.5, 0.6) is 0 Å². The predicted molar refractivity (Wildman–Crippen MR) is 128 cm³/mol. The van der Waals surface area contributed by atoms with Crippen molar-refractivity contribution in [1.82, 2.24) is 20.5 Å². The first kappa shape index (κ1) is 23.0. The number of carbonyl (C=O) groups excluding carboxylic acids is 1. The van der Waals surface area contributed by atoms with Crippen molar-refractivity contribution in [2.75, 3.05) is 30.9 Å². The molecule has 176 valence electrons. The van der Waals surface area contributed by atoms with Crippen LogP contribution in [0.1, 0.15) is 38.3 Å². The zero-order valence-electron chi connectivity index (χ0n) is 19.3. The van der Waals surface area contributed by atoms with Crippen LogP contribution in [0.15, 0.2) is 42.6 Å². The minimum absolute atomic E-state index is 0.273. The molecule has 2 amide bonds. The molecule has 9 nitrogen and oxygen atoms in total. The fourth-order valence-electron chi connectivity index (χ4n) is 4.22. The highest BCUT2D eigenvalue weighted by Crippen LogP contribution is 2.40. The first-order chi connectivity index (χ1) is 15.8. The lowest BCUT2D eigenvalue weighted by Gasteiger charge is -2.42. The second-order valence-corrected chi connectivity index (χ2v) is 9.27. The van der Waals surface area contributed by atoms with E-state index in [9.17, 15) is 9.90 Å². The van der Waals surface area contributed by atoms with Crippen molar-refractivity contribution in [2.45, 2.75) is 38.3 Å². The van der Waals surface area contributed by atoms with E-state index in [0.29, 0.717) is 24.3 Å². The highest BCUT2D eigenvalue weighted by atomic mass is 16.5. The van der Waals surface area contributed by atoms with Crippen molar-refractivity contribution in [1.29, 1.82) is 0 Å². The number of rotatable bonds is 9. The smallest absolute Gasteiger partial charge is 0.320 e. The Morgan fingerprint density at radius 2 is 2.06 bits per heavy atom. The molecule has 0 aliphatic heterocycles. The Morgan fingerprint density at radius 1 is 1.30 bits per heavy atom. The minimum Gasteiger partial charge on any atom is -0.390 e. The number of pyridine rings is 1. The topological polar surface area (TPSA) is 124 Å².